The van der Waals surface area contributed by atoms with E-state index in [1.165, 1.54) is 25.3 Å². The van der Waals surface area contributed by atoms with Crippen molar-refractivity contribution < 1.29 is 22.7 Å². The summed E-state index contributed by atoms with van der Waals surface area (Å²) in [5.41, 5.74) is -0.772. The first-order valence-corrected chi connectivity index (χ1v) is 11.5. The number of ether oxygens (including phenoxy) is 1. The number of pyridine rings is 1. The summed E-state index contributed by atoms with van der Waals surface area (Å²) in [7, 11) is 0. The number of amides is 2. The standard InChI is InChI=1S/C23H30F3N3O2/c24-23(25,26)17-1-6-20(27-13-17)31-19-4-2-18(3-5-19)28-21(30)29-22-10-14-7-15(11-22)9-16(8-14)12-22/h1,6,13-16,18-19H,2-5,7-12H2,(H2,28,29,30)/t14?,15?,16?,18-,19-,22?. The lowest BCUT2D eigenvalue weighted by Gasteiger charge is -2.56. The van der Waals surface area contributed by atoms with Crippen LogP contribution in [0.3, 0.4) is 0 Å². The fraction of sp³-hybridized carbons (Fsp3) is 0.739. The molecule has 0 radical (unpaired) electrons. The highest BCUT2D eigenvalue weighted by atomic mass is 19.4. The third-order valence-corrected chi connectivity index (χ3v) is 7.78. The smallest absolute Gasteiger partial charge is 0.417 e. The molecule has 0 atom stereocenters. The van der Waals surface area contributed by atoms with Crippen molar-refractivity contribution in [2.45, 2.75) is 88.1 Å². The molecule has 8 heteroatoms. The first-order valence-electron chi connectivity index (χ1n) is 11.5. The molecular weight excluding hydrogens is 407 g/mol. The molecule has 1 aromatic heterocycles. The van der Waals surface area contributed by atoms with E-state index in [-0.39, 0.29) is 29.6 Å². The predicted octanol–water partition coefficient (Wildman–Crippen LogP) is 5.06. The third kappa shape index (κ3) is 4.62. The Balaban J connectivity index is 1.08. The number of hydrogen-bond donors (Lipinski definition) is 2. The Hall–Kier alpha value is -1.99. The minimum atomic E-state index is -4.40. The van der Waals surface area contributed by atoms with Gasteiger partial charge in [-0.3, -0.25) is 0 Å². The lowest BCUT2D eigenvalue weighted by molar-refractivity contribution is -0.137. The molecule has 5 aliphatic carbocycles. The van der Waals surface area contributed by atoms with Gasteiger partial charge in [0.1, 0.15) is 6.10 Å². The van der Waals surface area contributed by atoms with E-state index in [9.17, 15) is 18.0 Å². The summed E-state index contributed by atoms with van der Waals surface area (Å²) < 4.78 is 43.7. The molecule has 4 bridgehead atoms. The van der Waals surface area contributed by atoms with E-state index in [4.69, 9.17) is 4.74 Å². The zero-order valence-corrected chi connectivity index (χ0v) is 17.6. The summed E-state index contributed by atoms with van der Waals surface area (Å²) in [4.78, 5) is 16.5. The number of carbonyl (C=O) groups excluding carboxylic acids is 1. The van der Waals surface area contributed by atoms with Crippen molar-refractivity contribution in [1.82, 2.24) is 15.6 Å². The molecule has 0 aromatic carbocycles. The molecule has 2 N–H and O–H groups in total. The zero-order chi connectivity index (χ0) is 21.6. The maximum Gasteiger partial charge on any atom is 0.417 e. The van der Waals surface area contributed by atoms with E-state index in [1.807, 2.05) is 0 Å². The molecule has 1 heterocycles. The monoisotopic (exact) mass is 437 g/mol. The fourth-order valence-electron chi connectivity index (χ4n) is 6.84. The molecule has 6 rings (SSSR count). The Labute approximate surface area is 180 Å². The van der Waals surface area contributed by atoms with Gasteiger partial charge < -0.3 is 15.4 Å². The van der Waals surface area contributed by atoms with E-state index >= 15 is 0 Å². The summed E-state index contributed by atoms with van der Waals surface area (Å²) >= 11 is 0. The Bertz CT molecular complexity index is 768. The first kappa shape index (κ1) is 20.9. The molecule has 31 heavy (non-hydrogen) atoms. The van der Waals surface area contributed by atoms with Crippen LogP contribution < -0.4 is 15.4 Å². The lowest BCUT2D eigenvalue weighted by Crippen LogP contribution is -2.62. The van der Waals surface area contributed by atoms with Gasteiger partial charge in [-0.05, 0) is 88.0 Å². The van der Waals surface area contributed by atoms with Crippen LogP contribution in [0.15, 0.2) is 18.3 Å². The van der Waals surface area contributed by atoms with Gasteiger partial charge in [0, 0.05) is 23.8 Å². The minimum Gasteiger partial charge on any atom is -0.474 e. The molecular formula is C23H30F3N3O2. The molecule has 0 saturated heterocycles. The van der Waals surface area contributed by atoms with Crippen molar-refractivity contribution in [1.29, 1.82) is 0 Å². The highest BCUT2D eigenvalue weighted by Crippen LogP contribution is 2.55. The van der Waals surface area contributed by atoms with Crippen molar-refractivity contribution in [3.05, 3.63) is 23.9 Å². The van der Waals surface area contributed by atoms with Gasteiger partial charge in [-0.2, -0.15) is 13.2 Å². The lowest BCUT2D eigenvalue weighted by atomic mass is 9.53. The Morgan fingerprint density at radius 1 is 1.00 bits per heavy atom. The molecule has 5 saturated carbocycles. The van der Waals surface area contributed by atoms with E-state index in [2.05, 4.69) is 15.6 Å². The number of hydrogen-bond acceptors (Lipinski definition) is 3. The maximum absolute atomic E-state index is 12.7. The minimum absolute atomic E-state index is 0.00733. The molecule has 0 spiro atoms. The number of rotatable bonds is 4. The summed E-state index contributed by atoms with van der Waals surface area (Å²) in [5, 5.41) is 6.51. The van der Waals surface area contributed by atoms with Crippen molar-refractivity contribution in [3.63, 3.8) is 0 Å². The highest BCUT2D eigenvalue weighted by molar-refractivity contribution is 5.75. The quantitative estimate of drug-likeness (QED) is 0.692. The van der Waals surface area contributed by atoms with Crippen LogP contribution in [0.5, 0.6) is 5.88 Å². The second-order valence-electron chi connectivity index (χ2n) is 10.3. The molecule has 1 aromatic rings. The number of halogens is 3. The average Bonchev–Trinajstić information content (AvgIpc) is 2.68. The molecule has 0 aliphatic heterocycles. The van der Waals surface area contributed by atoms with Crippen LogP contribution in [-0.2, 0) is 6.18 Å². The van der Waals surface area contributed by atoms with Crippen molar-refractivity contribution in [3.8, 4) is 5.88 Å². The number of aromatic nitrogens is 1. The Kier molecular flexibility index (Phi) is 5.29. The van der Waals surface area contributed by atoms with Crippen molar-refractivity contribution in [2.24, 2.45) is 17.8 Å². The van der Waals surface area contributed by atoms with Crippen LogP contribution in [0, 0.1) is 17.8 Å². The molecule has 5 aliphatic rings. The molecule has 5 nitrogen and oxygen atoms in total. The third-order valence-electron chi connectivity index (χ3n) is 7.78. The van der Waals surface area contributed by atoms with Crippen LogP contribution in [0.4, 0.5) is 18.0 Å². The van der Waals surface area contributed by atoms with Crippen LogP contribution in [0.2, 0.25) is 0 Å². The van der Waals surface area contributed by atoms with E-state index in [0.717, 1.165) is 75.0 Å². The number of carbonyl (C=O) groups is 1. The summed E-state index contributed by atoms with van der Waals surface area (Å²) in [5.74, 6) is 2.58. The number of nitrogens with zero attached hydrogens (tertiary/aromatic N) is 1. The van der Waals surface area contributed by atoms with Crippen LogP contribution >= 0.6 is 0 Å². The molecule has 2 amide bonds. The number of alkyl halides is 3. The van der Waals surface area contributed by atoms with Crippen LogP contribution in [0.1, 0.15) is 69.8 Å². The van der Waals surface area contributed by atoms with Crippen molar-refractivity contribution >= 4 is 6.03 Å². The van der Waals surface area contributed by atoms with Crippen LogP contribution in [0.25, 0.3) is 0 Å². The van der Waals surface area contributed by atoms with E-state index < -0.39 is 11.7 Å². The Morgan fingerprint density at radius 3 is 2.13 bits per heavy atom. The van der Waals surface area contributed by atoms with Gasteiger partial charge in [-0.25, -0.2) is 9.78 Å². The van der Waals surface area contributed by atoms with Gasteiger partial charge in [0.25, 0.3) is 0 Å². The van der Waals surface area contributed by atoms with Gasteiger partial charge in [-0.1, -0.05) is 0 Å². The first-order chi connectivity index (χ1) is 14.8. The van der Waals surface area contributed by atoms with Gasteiger partial charge in [0.15, 0.2) is 0 Å². The SMILES string of the molecule is O=C(NC12CC3CC(CC(C3)C1)C2)N[C@H]1CC[C@H](Oc2ccc(C(F)(F)F)cn2)CC1. The summed E-state index contributed by atoms with van der Waals surface area (Å²) in [6.45, 7) is 0. The van der Waals surface area contributed by atoms with E-state index in [0.29, 0.717) is 0 Å². The van der Waals surface area contributed by atoms with Crippen LogP contribution in [-0.4, -0.2) is 28.7 Å². The van der Waals surface area contributed by atoms with Crippen molar-refractivity contribution in [2.75, 3.05) is 0 Å². The van der Waals surface area contributed by atoms with Gasteiger partial charge in [-0.15, -0.1) is 0 Å². The topological polar surface area (TPSA) is 63.2 Å². The Morgan fingerprint density at radius 2 is 1.61 bits per heavy atom. The second kappa shape index (κ2) is 7.85. The highest BCUT2D eigenvalue weighted by Gasteiger charge is 2.51. The fourth-order valence-corrected chi connectivity index (χ4v) is 6.84. The second-order valence-corrected chi connectivity index (χ2v) is 10.3. The molecule has 0 unspecified atom stereocenters. The van der Waals surface area contributed by atoms with Gasteiger partial charge in [0.05, 0.1) is 5.56 Å². The molecule has 5 fully saturated rings. The summed E-state index contributed by atoms with van der Waals surface area (Å²) in [6.07, 6.45) is 6.82. The van der Waals surface area contributed by atoms with E-state index in [1.54, 1.807) is 0 Å². The largest absolute Gasteiger partial charge is 0.474 e. The molecule has 170 valence electrons. The van der Waals surface area contributed by atoms with Gasteiger partial charge >= 0.3 is 12.2 Å². The average molecular weight is 438 g/mol. The summed E-state index contributed by atoms with van der Waals surface area (Å²) in [6, 6.07) is 2.32. The number of urea groups is 1. The predicted molar refractivity (Wildman–Crippen MR) is 108 cm³/mol. The maximum atomic E-state index is 12.7. The van der Waals surface area contributed by atoms with Gasteiger partial charge in [0.2, 0.25) is 5.88 Å². The number of nitrogens with one attached hydrogen (secondary N) is 2. The normalized spacial score (nSPS) is 36.8. The zero-order valence-electron chi connectivity index (χ0n) is 17.6.